The molecule has 0 unspecified atom stereocenters. The number of hydrogen-bond acceptors (Lipinski definition) is 6. The third kappa shape index (κ3) is 9.37. The van der Waals surface area contributed by atoms with Gasteiger partial charge >= 0.3 is 0 Å². The molecule has 0 fully saturated rings. The maximum Gasteiger partial charge on any atom is 0.261 e. The molecule has 0 aromatic heterocycles. The van der Waals surface area contributed by atoms with Crippen LogP contribution in [0.2, 0.25) is 10.0 Å². The van der Waals surface area contributed by atoms with Crippen molar-refractivity contribution in [3.05, 3.63) is 52.5 Å². The minimum Gasteiger partial charge on any atom is -0.493 e. The van der Waals surface area contributed by atoms with Crippen LogP contribution in [0.5, 0.6) is 11.5 Å². The van der Waals surface area contributed by atoms with Crippen LogP contribution in [0.3, 0.4) is 0 Å². The fraction of sp³-hybridized carbons (Fsp3) is 0.440. The zero-order chi connectivity index (χ0) is 27.6. The molecule has 3 N–H and O–H groups in total. The molecule has 9 nitrogen and oxygen atoms in total. The zero-order valence-corrected chi connectivity index (χ0v) is 23.4. The van der Waals surface area contributed by atoms with Crippen molar-refractivity contribution in [1.82, 2.24) is 9.62 Å². The molecule has 2 aromatic rings. The Bertz CT molecular complexity index is 1180. The van der Waals surface area contributed by atoms with Gasteiger partial charge in [-0.05, 0) is 55.5 Å². The summed E-state index contributed by atoms with van der Waals surface area (Å²) in [6.45, 7) is 3.84. The predicted octanol–water partition coefficient (Wildman–Crippen LogP) is 3.87. The van der Waals surface area contributed by atoms with Crippen molar-refractivity contribution in [1.29, 1.82) is 0 Å². The van der Waals surface area contributed by atoms with E-state index in [1.807, 2.05) is 13.8 Å². The fourth-order valence-electron chi connectivity index (χ4n) is 3.64. The minimum atomic E-state index is -3.84. The number of halogens is 2. The summed E-state index contributed by atoms with van der Waals surface area (Å²) >= 11 is 11.9. The van der Waals surface area contributed by atoms with Crippen LogP contribution >= 0.6 is 23.2 Å². The molecule has 1 atom stereocenters. The minimum absolute atomic E-state index is 0.0183. The Kier molecular flexibility index (Phi) is 12.0. The number of hydrogen-bond donors (Lipinski definition) is 2. The first-order valence-corrected chi connectivity index (χ1v) is 14.0. The van der Waals surface area contributed by atoms with E-state index in [2.05, 4.69) is 4.72 Å². The number of primary amides is 1. The number of amides is 2. The number of ether oxygens (including phenoxy) is 2. The molecule has 37 heavy (non-hydrogen) atoms. The first-order chi connectivity index (χ1) is 17.5. The van der Waals surface area contributed by atoms with Gasteiger partial charge in [0, 0.05) is 18.1 Å². The summed E-state index contributed by atoms with van der Waals surface area (Å²) in [5, 5.41) is 0.346. The molecule has 0 aliphatic heterocycles. The summed E-state index contributed by atoms with van der Waals surface area (Å²) in [5.74, 6) is -0.0446. The van der Waals surface area contributed by atoms with Crippen LogP contribution in [0.15, 0.2) is 47.4 Å². The second-order valence-electron chi connectivity index (χ2n) is 8.75. The molecule has 0 radical (unpaired) electrons. The number of nitrogens with two attached hydrogens (primary N) is 1. The lowest BCUT2D eigenvalue weighted by atomic mass is 10.0. The molecule has 0 bridgehead atoms. The standard InChI is InChI=1S/C25H33Cl2N3O6S/c1-17(2)14-20(25(28)32)30(24(31)16-36-22-9-5-4-8-21(22)35-3)13-7-6-12-29-37(33,34)23-11-10-18(26)15-19(23)27/h4-5,8-11,15,17,20,29H,6-7,12-14,16H2,1-3H3,(H2,28,32)/t20-/m0/s1. The van der Waals surface area contributed by atoms with Gasteiger partial charge in [-0.2, -0.15) is 0 Å². The van der Waals surface area contributed by atoms with E-state index in [1.54, 1.807) is 24.3 Å². The number of rotatable bonds is 15. The van der Waals surface area contributed by atoms with Gasteiger partial charge < -0.3 is 20.1 Å². The van der Waals surface area contributed by atoms with Crippen molar-refractivity contribution in [3.63, 3.8) is 0 Å². The van der Waals surface area contributed by atoms with E-state index >= 15 is 0 Å². The molecule has 0 heterocycles. The normalized spacial score (nSPS) is 12.3. The Morgan fingerprint density at radius 2 is 1.76 bits per heavy atom. The highest BCUT2D eigenvalue weighted by Crippen LogP contribution is 2.26. The van der Waals surface area contributed by atoms with Crippen LogP contribution in [-0.2, 0) is 19.6 Å². The molecular formula is C25H33Cl2N3O6S. The van der Waals surface area contributed by atoms with Crippen molar-refractivity contribution < 1.29 is 27.5 Å². The molecule has 204 valence electrons. The summed E-state index contributed by atoms with van der Waals surface area (Å²) in [5.41, 5.74) is 5.65. The topological polar surface area (TPSA) is 128 Å². The maximum absolute atomic E-state index is 13.1. The summed E-state index contributed by atoms with van der Waals surface area (Å²) < 4.78 is 38.5. The number of carbonyl (C=O) groups excluding carboxylic acids is 2. The van der Waals surface area contributed by atoms with Crippen molar-refractivity contribution in [2.45, 2.75) is 44.0 Å². The Morgan fingerprint density at radius 3 is 2.35 bits per heavy atom. The van der Waals surface area contributed by atoms with Gasteiger partial charge in [0.25, 0.3) is 5.91 Å². The fourth-order valence-corrected chi connectivity index (χ4v) is 5.49. The van der Waals surface area contributed by atoms with Crippen molar-refractivity contribution in [2.75, 3.05) is 26.8 Å². The number of benzene rings is 2. The highest BCUT2D eigenvalue weighted by Gasteiger charge is 2.29. The Balaban J connectivity index is 2.03. The van der Waals surface area contributed by atoms with Crippen LogP contribution in [0, 0.1) is 5.92 Å². The third-order valence-corrected chi connectivity index (χ3v) is 7.62. The van der Waals surface area contributed by atoms with Gasteiger partial charge in [-0.1, -0.05) is 49.2 Å². The monoisotopic (exact) mass is 573 g/mol. The van der Waals surface area contributed by atoms with E-state index in [9.17, 15) is 18.0 Å². The van der Waals surface area contributed by atoms with Crippen LogP contribution in [0.4, 0.5) is 0 Å². The first kappa shape index (κ1) is 30.7. The van der Waals surface area contributed by atoms with Crippen LogP contribution in [0.25, 0.3) is 0 Å². The summed E-state index contributed by atoms with van der Waals surface area (Å²) in [6.07, 6.45) is 1.20. The number of unbranched alkanes of at least 4 members (excludes halogenated alkanes) is 1. The van der Waals surface area contributed by atoms with E-state index in [0.717, 1.165) is 0 Å². The molecule has 2 rings (SSSR count). The molecule has 2 aromatic carbocycles. The summed E-state index contributed by atoms with van der Waals surface area (Å²) in [4.78, 5) is 26.7. The Labute approximate surface area is 228 Å². The molecular weight excluding hydrogens is 541 g/mol. The van der Waals surface area contributed by atoms with Crippen molar-refractivity contribution >= 4 is 45.0 Å². The van der Waals surface area contributed by atoms with Gasteiger partial charge in [0.15, 0.2) is 18.1 Å². The molecule has 0 spiro atoms. The SMILES string of the molecule is COc1ccccc1OCC(=O)N(CCCCNS(=O)(=O)c1ccc(Cl)cc1Cl)[C@@H](CC(C)C)C(N)=O. The number of para-hydroxylation sites is 2. The number of sulfonamides is 1. The number of carbonyl (C=O) groups is 2. The molecule has 12 heteroatoms. The van der Waals surface area contributed by atoms with Gasteiger partial charge in [0.05, 0.1) is 12.1 Å². The van der Waals surface area contributed by atoms with Gasteiger partial charge in [-0.3, -0.25) is 9.59 Å². The number of nitrogens with one attached hydrogen (secondary N) is 1. The third-order valence-electron chi connectivity index (χ3n) is 5.44. The van der Waals surface area contributed by atoms with Gasteiger partial charge in [0.2, 0.25) is 15.9 Å². The molecule has 2 amide bonds. The van der Waals surface area contributed by atoms with E-state index in [1.165, 1.54) is 30.2 Å². The molecule has 0 aliphatic rings. The lowest BCUT2D eigenvalue weighted by Gasteiger charge is -2.31. The first-order valence-electron chi connectivity index (χ1n) is 11.8. The van der Waals surface area contributed by atoms with Crippen LogP contribution in [0.1, 0.15) is 33.1 Å². The Hall–Kier alpha value is -2.53. The molecule has 0 saturated carbocycles. The van der Waals surface area contributed by atoms with Crippen LogP contribution in [-0.4, -0.2) is 58.0 Å². The van der Waals surface area contributed by atoms with E-state index in [4.69, 9.17) is 38.4 Å². The highest BCUT2D eigenvalue weighted by molar-refractivity contribution is 7.89. The summed E-state index contributed by atoms with van der Waals surface area (Å²) in [6, 6.07) is 10.2. The van der Waals surface area contributed by atoms with Crippen molar-refractivity contribution in [2.24, 2.45) is 11.7 Å². The second kappa shape index (κ2) is 14.4. The average Bonchev–Trinajstić information content (AvgIpc) is 2.83. The quantitative estimate of drug-likeness (QED) is 0.311. The highest BCUT2D eigenvalue weighted by atomic mass is 35.5. The number of methoxy groups -OCH3 is 1. The van der Waals surface area contributed by atoms with Gasteiger partial charge in [-0.15, -0.1) is 0 Å². The molecule has 0 saturated heterocycles. The second-order valence-corrected chi connectivity index (χ2v) is 11.3. The zero-order valence-electron chi connectivity index (χ0n) is 21.1. The van der Waals surface area contributed by atoms with Crippen molar-refractivity contribution in [3.8, 4) is 11.5 Å². The number of nitrogens with zero attached hydrogens (tertiary/aromatic N) is 1. The molecule has 0 aliphatic carbocycles. The van der Waals surface area contributed by atoms with E-state index < -0.39 is 27.9 Å². The smallest absolute Gasteiger partial charge is 0.261 e. The largest absolute Gasteiger partial charge is 0.493 e. The Morgan fingerprint density at radius 1 is 1.08 bits per heavy atom. The lowest BCUT2D eigenvalue weighted by Crippen LogP contribution is -2.50. The summed E-state index contributed by atoms with van der Waals surface area (Å²) in [7, 11) is -2.35. The van der Waals surface area contributed by atoms with E-state index in [0.29, 0.717) is 35.8 Å². The van der Waals surface area contributed by atoms with Gasteiger partial charge in [-0.25, -0.2) is 13.1 Å². The predicted molar refractivity (Wildman–Crippen MR) is 144 cm³/mol. The van der Waals surface area contributed by atoms with Crippen LogP contribution < -0.4 is 19.9 Å². The lowest BCUT2D eigenvalue weighted by molar-refractivity contribution is -0.141. The maximum atomic E-state index is 13.1. The van der Waals surface area contributed by atoms with Gasteiger partial charge in [0.1, 0.15) is 10.9 Å². The average molecular weight is 575 g/mol. The van der Waals surface area contributed by atoms with E-state index in [-0.39, 0.29) is 35.5 Å².